The molecular formula is C9H20N4O2S. The minimum absolute atomic E-state index is 0.115. The average Bonchev–Trinajstić information content (AvgIpc) is 2.17. The molecule has 5 N–H and O–H groups in total. The van der Waals surface area contributed by atoms with Crippen molar-refractivity contribution in [2.75, 3.05) is 12.3 Å². The van der Waals surface area contributed by atoms with Crippen LogP contribution in [-0.4, -0.2) is 32.7 Å². The van der Waals surface area contributed by atoms with Gasteiger partial charge in [0.25, 0.3) is 0 Å². The predicted octanol–water partition coefficient (Wildman–Crippen LogP) is -0.488. The molecule has 94 valence electrons. The van der Waals surface area contributed by atoms with E-state index in [2.05, 4.69) is 10.3 Å². The largest absolute Gasteiger partial charge is 0.370 e. The molecule has 0 radical (unpaired) electrons. The topological polar surface area (TPSA) is 111 Å². The van der Waals surface area contributed by atoms with Gasteiger partial charge in [0.15, 0.2) is 5.96 Å². The van der Waals surface area contributed by atoms with E-state index in [4.69, 9.17) is 10.9 Å². The van der Waals surface area contributed by atoms with Crippen molar-refractivity contribution in [1.82, 2.24) is 5.32 Å². The summed E-state index contributed by atoms with van der Waals surface area (Å²) in [5, 5.41) is 7.94. The van der Waals surface area contributed by atoms with E-state index in [-0.39, 0.29) is 12.3 Å². The fourth-order valence-electron chi connectivity index (χ4n) is 1.80. The number of guanidine groups is 1. The number of sulfonamides is 1. The first kappa shape index (κ1) is 13.2. The van der Waals surface area contributed by atoms with E-state index in [1.54, 1.807) is 0 Å². The second-order valence-corrected chi connectivity index (χ2v) is 5.85. The van der Waals surface area contributed by atoms with Crippen molar-refractivity contribution in [2.24, 2.45) is 15.9 Å². The van der Waals surface area contributed by atoms with Crippen LogP contribution in [0.3, 0.4) is 0 Å². The molecule has 0 aromatic rings. The summed E-state index contributed by atoms with van der Waals surface area (Å²) >= 11 is 0. The van der Waals surface area contributed by atoms with Gasteiger partial charge in [-0.3, -0.25) is 4.99 Å². The molecule has 1 rings (SSSR count). The third-order valence-corrected chi connectivity index (χ3v) is 3.37. The first-order valence-corrected chi connectivity index (χ1v) is 7.26. The first-order valence-electron chi connectivity index (χ1n) is 5.54. The molecule has 1 saturated carbocycles. The van der Waals surface area contributed by atoms with E-state index < -0.39 is 10.0 Å². The molecular weight excluding hydrogens is 228 g/mol. The quantitative estimate of drug-likeness (QED) is 0.460. The second kappa shape index (κ2) is 6.05. The zero-order valence-electron chi connectivity index (χ0n) is 9.35. The Kier molecular flexibility index (Phi) is 5.01. The number of nitrogens with two attached hydrogens (primary N) is 2. The maximum Gasteiger partial charge on any atom is 0.210 e. The summed E-state index contributed by atoms with van der Waals surface area (Å²) in [7, 11) is -3.44. The highest BCUT2D eigenvalue weighted by atomic mass is 32.2. The molecule has 0 unspecified atom stereocenters. The fourth-order valence-corrected chi connectivity index (χ4v) is 2.14. The molecule has 0 spiro atoms. The van der Waals surface area contributed by atoms with Crippen LogP contribution in [0.2, 0.25) is 0 Å². The van der Waals surface area contributed by atoms with Gasteiger partial charge in [0.05, 0.1) is 12.3 Å². The highest BCUT2D eigenvalue weighted by Gasteiger charge is 2.13. The average molecular weight is 248 g/mol. The smallest absolute Gasteiger partial charge is 0.210 e. The monoisotopic (exact) mass is 248 g/mol. The fraction of sp³-hybridized carbons (Fsp3) is 0.889. The Balaban J connectivity index is 2.27. The van der Waals surface area contributed by atoms with E-state index in [9.17, 15) is 8.42 Å². The molecule has 16 heavy (non-hydrogen) atoms. The van der Waals surface area contributed by atoms with Gasteiger partial charge in [0, 0.05) is 6.04 Å². The van der Waals surface area contributed by atoms with Crippen LogP contribution >= 0.6 is 0 Å². The summed E-state index contributed by atoms with van der Waals surface area (Å²) in [6, 6.07) is 0.381. The lowest BCUT2D eigenvalue weighted by atomic mass is 9.96. The lowest BCUT2D eigenvalue weighted by Gasteiger charge is -2.23. The molecule has 0 heterocycles. The Labute approximate surface area is 96.5 Å². The molecule has 6 nitrogen and oxygen atoms in total. The van der Waals surface area contributed by atoms with Gasteiger partial charge >= 0.3 is 0 Å². The summed E-state index contributed by atoms with van der Waals surface area (Å²) in [4.78, 5) is 3.93. The Morgan fingerprint density at radius 3 is 2.50 bits per heavy atom. The van der Waals surface area contributed by atoms with E-state index in [0.717, 1.165) is 12.8 Å². The molecule has 0 atom stereocenters. The Morgan fingerprint density at radius 2 is 1.94 bits per heavy atom. The van der Waals surface area contributed by atoms with E-state index in [1.165, 1.54) is 19.3 Å². The molecule has 1 aliphatic rings. The van der Waals surface area contributed by atoms with E-state index in [1.807, 2.05) is 0 Å². The lowest BCUT2D eigenvalue weighted by Crippen LogP contribution is -2.41. The van der Waals surface area contributed by atoms with Gasteiger partial charge in [-0.15, -0.1) is 0 Å². The van der Waals surface area contributed by atoms with Crippen molar-refractivity contribution in [2.45, 2.75) is 38.1 Å². The van der Waals surface area contributed by atoms with E-state index in [0.29, 0.717) is 12.0 Å². The molecule has 0 amide bonds. The normalized spacial score (nSPS) is 19.7. The number of rotatable bonds is 4. The summed E-state index contributed by atoms with van der Waals surface area (Å²) in [5.41, 5.74) is 5.64. The highest BCUT2D eigenvalue weighted by Crippen LogP contribution is 2.16. The summed E-state index contributed by atoms with van der Waals surface area (Å²) in [5.74, 6) is 0.149. The van der Waals surface area contributed by atoms with Crippen LogP contribution in [0.1, 0.15) is 32.1 Å². The van der Waals surface area contributed by atoms with Crippen LogP contribution < -0.4 is 16.2 Å². The Hall–Kier alpha value is -0.820. The highest BCUT2D eigenvalue weighted by molar-refractivity contribution is 7.89. The van der Waals surface area contributed by atoms with Crippen molar-refractivity contribution < 1.29 is 8.42 Å². The van der Waals surface area contributed by atoms with Gasteiger partial charge in [-0.05, 0) is 12.8 Å². The van der Waals surface area contributed by atoms with Crippen molar-refractivity contribution in [1.29, 1.82) is 0 Å². The zero-order valence-corrected chi connectivity index (χ0v) is 10.2. The van der Waals surface area contributed by atoms with Crippen molar-refractivity contribution in [3.05, 3.63) is 0 Å². The Bertz CT molecular complexity index is 333. The third kappa shape index (κ3) is 5.92. The molecule has 0 bridgehead atoms. The van der Waals surface area contributed by atoms with Crippen LogP contribution in [0.15, 0.2) is 4.99 Å². The lowest BCUT2D eigenvalue weighted by molar-refractivity contribution is 0.412. The second-order valence-electron chi connectivity index (χ2n) is 4.11. The molecule has 0 aromatic carbocycles. The van der Waals surface area contributed by atoms with Crippen LogP contribution in [-0.2, 0) is 10.0 Å². The zero-order chi connectivity index (χ0) is 12.0. The number of aliphatic imine (C=N–C) groups is 1. The number of nitrogens with one attached hydrogen (secondary N) is 1. The first-order chi connectivity index (χ1) is 7.47. The van der Waals surface area contributed by atoms with Gasteiger partial charge in [-0.2, -0.15) is 0 Å². The minimum atomic E-state index is -3.44. The maximum absolute atomic E-state index is 10.7. The summed E-state index contributed by atoms with van der Waals surface area (Å²) < 4.78 is 21.3. The molecule has 0 aliphatic heterocycles. The maximum atomic E-state index is 10.7. The van der Waals surface area contributed by atoms with Crippen molar-refractivity contribution in [3.63, 3.8) is 0 Å². The molecule has 1 fully saturated rings. The van der Waals surface area contributed by atoms with Crippen LogP contribution in [0.25, 0.3) is 0 Å². The summed E-state index contributed by atoms with van der Waals surface area (Å²) in [6.07, 6.45) is 5.90. The van der Waals surface area contributed by atoms with Crippen molar-refractivity contribution >= 4 is 16.0 Å². The Morgan fingerprint density at radius 1 is 1.31 bits per heavy atom. The van der Waals surface area contributed by atoms with Crippen molar-refractivity contribution in [3.8, 4) is 0 Å². The number of nitrogens with zero attached hydrogens (tertiary/aromatic N) is 1. The number of primary sulfonamides is 1. The number of hydrogen-bond acceptors (Lipinski definition) is 3. The van der Waals surface area contributed by atoms with Crippen LogP contribution in [0, 0.1) is 0 Å². The summed E-state index contributed by atoms with van der Waals surface area (Å²) in [6.45, 7) is 0.115. The minimum Gasteiger partial charge on any atom is -0.370 e. The third-order valence-electron chi connectivity index (χ3n) is 2.62. The molecule has 1 aliphatic carbocycles. The SMILES string of the molecule is NC(=NCCS(N)(=O)=O)NC1CCCCC1. The van der Waals surface area contributed by atoms with Gasteiger partial charge in [-0.1, -0.05) is 19.3 Å². The molecule has 0 aromatic heterocycles. The van der Waals surface area contributed by atoms with Gasteiger partial charge in [-0.25, -0.2) is 13.6 Å². The van der Waals surface area contributed by atoms with Crippen LogP contribution in [0.5, 0.6) is 0 Å². The van der Waals surface area contributed by atoms with Gasteiger partial charge in [0.1, 0.15) is 0 Å². The van der Waals surface area contributed by atoms with E-state index >= 15 is 0 Å². The van der Waals surface area contributed by atoms with Crippen LogP contribution in [0.4, 0.5) is 0 Å². The molecule has 7 heteroatoms. The molecule has 0 saturated heterocycles. The number of hydrogen-bond donors (Lipinski definition) is 3. The standard InChI is InChI=1S/C9H20N4O2S/c10-9(12-6-7-16(11,14)15)13-8-4-2-1-3-5-8/h8H,1-7H2,(H3,10,12,13)(H2,11,14,15). The van der Waals surface area contributed by atoms with Gasteiger partial charge in [0.2, 0.25) is 10.0 Å². The van der Waals surface area contributed by atoms with Gasteiger partial charge < -0.3 is 11.1 Å². The predicted molar refractivity (Wildman–Crippen MR) is 64.5 cm³/mol.